The summed E-state index contributed by atoms with van der Waals surface area (Å²) in [5.41, 5.74) is 0.582. The molecule has 2 amide bonds. The molecule has 5 heteroatoms. The van der Waals surface area contributed by atoms with Crippen LogP contribution in [0.2, 0.25) is 0 Å². The van der Waals surface area contributed by atoms with E-state index in [0.29, 0.717) is 11.3 Å². The standard InChI is InChI=1S/C16H17NO4/c1-10(18)17-13-8-6-5-7-11(13)12(15(17)20)9-14(19)21-16(2,3)4/h5-9H,1-4H3/b12-9+. The van der Waals surface area contributed by atoms with E-state index < -0.39 is 17.5 Å². The number of amides is 2. The molecule has 0 saturated heterocycles. The van der Waals surface area contributed by atoms with Gasteiger partial charge in [-0.3, -0.25) is 9.59 Å². The molecule has 0 N–H and O–H groups in total. The Hall–Kier alpha value is -2.43. The Morgan fingerprint density at radius 1 is 1.19 bits per heavy atom. The topological polar surface area (TPSA) is 63.7 Å². The first-order valence-corrected chi connectivity index (χ1v) is 6.60. The molecule has 0 saturated carbocycles. The van der Waals surface area contributed by atoms with Crippen LogP contribution in [0.3, 0.4) is 0 Å². The van der Waals surface area contributed by atoms with Gasteiger partial charge in [0.05, 0.1) is 11.3 Å². The Labute approximate surface area is 123 Å². The number of hydrogen-bond donors (Lipinski definition) is 0. The summed E-state index contributed by atoms with van der Waals surface area (Å²) >= 11 is 0. The second-order valence-corrected chi connectivity index (χ2v) is 5.77. The molecule has 1 aromatic carbocycles. The zero-order valence-electron chi connectivity index (χ0n) is 12.5. The molecule has 0 bridgehead atoms. The van der Waals surface area contributed by atoms with Crippen LogP contribution in [0.25, 0.3) is 5.57 Å². The lowest BCUT2D eigenvalue weighted by Gasteiger charge is -2.18. The van der Waals surface area contributed by atoms with Crippen LogP contribution in [0.1, 0.15) is 33.3 Å². The number of benzene rings is 1. The molecule has 2 rings (SSSR count). The Morgan fingerprint density at radius 2 is 1.81 bits per heavy atom. The number of para-hydroxylation sites is 1. The minimum atomic E-state index is -0.643. The minimum Gasteiger partial charge on any atom is -0.457 e. The van der Waals surface area contributed by atoms with Gasteiger partial charge >= 0.3 is 5.97 Å². The molecule has 0 unspecified atom stereocenters. The Kier molecular flexibility index (Phi) is 3.68. The fraction of sp³-hybridized carbons (Fsp3) is 0.312. The van der Waals surface area contributed by atoms with Crippen molar-refractivity contribution in [2.45, 2.75) is 33.3 Å². The fourth-order valence-corrected chi connectivity index (χ4v) is 2.14. The van der Waals surface area contributed by atoms with Gasteiger partial charge in [0.2, 0.25) is 5.91 Å². The van der Waals surface area contributed by atoms with Gasteiger partial charge in [-0.2, -0.15) is 0 Å². The summed E-state index contributed by atoms with van der Waals surface area (Å²) in [7, 11) is 0. The quantitative estimate of drug-likeness (QED) is 0.587. The van der Waals surface area contributed by atoms with Gasteiger partial charge in [-0.15, -0.1) is 0 Å². The van der Waals surface area contributed by atoms with Gasteiger partial charge in [0.15, 0.2) is 0 Å². The Balaban J connectivity index is 2.44. The van der Waals surface area contributed by atoms with E-state index in [0.717, 1.165) is 11.0 Å². The van der Waals surface area contributed by atoms with E-state index >= 15 is 0 Å². The number of anilines is 1. The smallest absolute Gasteiger partial charge is 0.332 e. The number of carbonyl (C=O) groups excluding carboxylic acids is 3. The maximum Gasteiger partial charge on any atom is 0.332 e. The summed E-state index contributed by atoms with van der Waals surface area (Å²) in [5.74, 6) is -1.50. The molecule has 0 radical (unpaired) electrons. The average molecular weight is 287 g/mol. The monoisotopic (exact) mass is 287 g/mol. The molecule has 110 valence electrons. The number of nitrogens with zero attached hydrogens (tertiary/aromatic N) is 1. The van der Waals surface area contributed by atoms with Crippen LogP contribution in [0.5, 0.6) is 0 Å². The van der Waals surface area contributed by atoms with Gasteiger partial charge in [-0.1, -0.05) is 18.2 Å². The number of esters is 1. The average Bonchev–Trinajstić information content (AvgIpc) is 2.60. The first-order valence-electron chi connectivity index (χ1n) is 6.60. The van der Waals surface area contributed by atoms with Crippen LogP contribution in [0.4, 0.5) is 5.69 Å². The summed E-state index contributed by atoms with van der Waals surface area (Å²) in [5, 5.41) is 0. The normalized spacial score (nSPS) is 16.1. The maximum atomic E-state index is 12.3. The van der Waals surface area contributed by atoms with E-state index in [9.17, 15) is 14.4 Å². The number of ether oxygens (including phenoxy) is 1. The molecule has 5 nitrogen and oxygen atoms in total. The molecular weight excluding hydrogens is 270 g/mol. The summed E-state index contributed by atoms with van der Waals surface area (Å²) < 4.78 is 5.19. The van der Waals surface area contributed by atoms with Crippen molar-refractivity contribution in [3.05, 3.63) is 35.9 Å². The van der Waals surface area contributed by atoms with Crippen molar-refractivity contribution in [3.63, 3.8) is 0 Å². The van der Waals surface area contributed by atoms with Gasteiger partial charge in [0, 0.05) is 18.6 Å². The van der Waals surface area contributed by atoms with Crippen molar-refractivity contribution < 1.29 is 19.1 Å². The highest BCUT2D eigenvalue weighted by molar-refractivity contribution is 6.40. The molecule has 0 aromatic heterocycles. The third-order valence-corrected chi connectivity index (χ3v) is 2.85. The molecule has 0 atom stereocenters. The van der Waals surface area contributed by atoms with Gasteiger partial charge in [-0.25, -0.2) is 9.69 Å². The molecule has 1 heterocycles. The van der Waals surface area contributed by atoms with E-state index in [1.54, 1.807) is 45.0 Å². The largest absolute Gasteiger partial charge is 0.457 e. The van der Waals surface area contributed by atoms with Crippen LogP contribution in [0.15, 0.2) is 30.3 Å². The third-order valence-electron chi connectivity index (χ3n) is 2.85. The minimum absolute atomic E-state index is 0.176. The zero-order valence-corrected chi connectivity index (χ0v) is 12.5. The van der Waals surface area contributed by atoms with E-state index in [1.807, 2.05) is 0 Å². The lowest BCUT2D eigenvalue weighted by Crippen LogP contribution is -2.31. The van der Waals surface area contributed by atoms with Crippen molar-refractivity contribution in [2.24, 2.45) is 0 Å². The van der Waals surface area contributed by atoms with Crippen LogP contribution < -0.4 is 4.90 Å². The van der Waals surface area contributed by atoms with E-state index in [2.05, 4.69) is 0 Å². The highest BCUT2D eigenvalue weighted by atomic mass is 16.6. The van der Waals surface area contributed by atoms with Crippen molar-refractivity contribution in [3.8, 4) is 0 Å². The maximum absolute atomic E-state index is 12.3. The SMILES string of the molecule is CC(=O)N1C(=O)/C(=C/C(=O)OC(C)(C)C)c2ccccc21. The van der Waals surface area contributed by atoms with Gasteiger partial charge in [0.1, 0.15) is 5.60 Å². The number of rotatable bonds is 1. The highest BCUT2D eigenvalue weighted by Gasteiger charge is 2.35. The Morgan fingerprint density at radius 3 is 2.38 bits per heavy atom. The van der Waals surface area contributed by atoms with Crippen LogP contribution in [-0.4, -0.2) is 23.4 Å². The number of fused-ring (bicyclic) bond motifs is 1. The Bertz CT molecular complexity index is 652. The molecule has 0 spiro atoms. The second-order valence-electron chi connectivity index (χ2n) is 5.77. The fourth-order valence-electron chi connectivity index (χ4n) is 2.14. The summed E-state index contributed by atoms with van der Waals surface area (Å²) in [4.78, 5) is 36.9. The molecule has 21 heavy (non-hydrogen) atoms. The van der Waals surface area contributed by atoms with Crippen LogP contribution >= 0.6 is 0 Å². The lowest BCUT2D eigenvalue weighted by atomic mass is 10.1. The van der Waals surface area contributed by atoms with Crippen LogP contribution in [0, 0.1) is 0 Å². The second kappa shape index (κ2) is 5.16. The van der Waals surface area contributed by atoms with Crippen molar-refractivity contribution >= 4 is 29.0 Å². The molecular formula is C16H17NO4. The molecule has 1 aromatic rings. The van der Waals surface area contributed by atoms with Crippen molar-refractivity contribution in [2.75, 3.05) is 4.90 Å². The summed E-state index contributed by atoms with van der Waals surface area (Å²) in [6.45, 7) is 6.55. The van der Waals surface area contributed by atoms with Crippen molar-refractivity contribution in [1.82, 2.24) is 0 Å². The summed E-state index contributed by atoms with van der Waals surface area (Å²) in [6, 6.07) is 6.86. The van der Waals surface area contributed by atoms with Crippen molar-refractivity contribution in [1.29, 1.82) is 0 Å². The van der Waals surface area contributed by atoms with E-state index in [-0.39, 0.29) is 11.5 Å². The lowest BCUT2D eigenvalue weighted by molar-refractivity contribution is -0.148. The first-order chi connectivity index (χ1) is 9.70. The zero-order chi connectivity index (χ0) is 15.8. The van der Waals surface area contributed by atoms with E-state index in [4.69, 9.17) is 4.74 Å². The highest BCUT2D eigenvalue weighted by Crippen LogP contribution is 2.36. The first kappa shape index (κ1) is 15.0. The van der Waals surface area contributed by atoms with Crippen LogP contribution in [-0.2, 0) is 19.1 Å². The number of imide groups is 1. The van der Waals surface area contributed by atoms with Gasteiger partial charge in [-0.05, 0) is 26.8 Å². The van der Waals surface area contributed by atoms with Gasteiger partial charge < -0.3 is 4.74 Å². The predicted molar refractivity (Wildman–Crippen MR) is 78.4 cm³/mol. The summed E-state index contributed by atoms with van der Waals surface area (Å²) in [6.07, 6.45) is 1.15. The molecule has 0 aliphatic carbocycles. The number of hydrogen-bond acceptors (Lipinski definition) is 4. The molecule has 0 fully saturated rings. The molecule has 1 aliphatic rings. The third kappa shape index (κ3) is 3.02. The molecule has 1 aliphatic heterocycles. The predicted octanol–water partition coefficient (Wildman–Crippen LogP) is 2.30. The van der Waals surface area contributed by atoms with E-state index in [1.165, 1.54) is 6.92 Å². The van der Waals surface area contributed by atoms with Gasteiger partial charge in [0.25, 0.3) is 5.91 Å². The number of carbonyl (C=O) groups is 3.